The van der Waals surface area contributed by atoms with Gasteiger partial charge in [-0.05, 0) is 19.1 Å². The molecule has 0 aromatic heterocycles. The molecule has 0 N–H and O–H groups in total. The highest BCUT2D eigenvalue weighted by molar-refractivity contribution is 7.80. The highest BCUT2D eigenvalue weighted by atomic mass is 32.1. The van der Waals surface area contributed by atoms with Crippen molar-refractivity contribution >= 4 is 22.9 Å². The lowest BCUT2D eigenvalue weighted by Crippen LogP contribution is -2.48. The van der Waals surface area contributed by atoms with E-state index < -0.39 is 0 Å². The number of hydrogen-bond donors (Lipinski definition) is 0. The van der Waals surface area contributed by atoms with Crippen molar-refractivity contribution in [2.75, 3.05) is 31.1 Å². The van der Waals surface area contributed by atoms with Crippen molar-refractivity contribution in [1.82, 2.24) is 4.90 Å². The first kappa shape index (κ1) is 14.1. The Labute approximate surface area is 132 Å². The van der Waals surface area contributed by atoms with Crippen LogP contribution in [-0.2, 0) is 0 Å². The van der Waals surface area contributed by atoms with Gasteiger partial charge in [-0.25, -0.2) is 0 Å². The van der Waals surface area contributed by atoms with Gasteiger partial charge in [0.25, 0.3) is 0 Å². The molecular formula is C18H20N2S. The molecule has 21 heavy (non-hydrogen) atoms. The monoisotopic (exact) mass is 296 g/mol. The number of nitrogens with zero attached hydrogens (tertiary/aromatic N) is 2. The minimum absolute atomic E-state index is 0.971. The van der Waals surface area contributed by atoms with Gasteiger partial charge in [0, 0.05) is 37.4 Å². The molecule has 1 fully saturated rings. The number of thiocarbonyl (C=S) groups is 1. The molecule has 0 saturated carbocycles. The Hall–Kier alpha value is -1.87. The van der Waals surface area contributed by atoms with E-state index in [2.05, 4.69) is 53.1 Å². The van der Waals surface area contributed by atoms with Gasteiger partial charge in [0.15, 0.2) is 0 Å². The van der Waals surface area contributed by atoms with Crippen molar-refractivity contribution in [3.63, 3.8) is 0 Å². The van der Waals surface area contributed by atoms with E-state index in [9.17, 15) is 0 Å². The van der Waals surface area contributed by atoms with Crippen LogP contribution in [-0.4, -0.2) is 36.1 Å². The van der Waals surface area contributed by atoms with Crippen LogP contribution in [0.1, 0.15) is 11.1 Å². The Balaban J connectivity index is 1.63. The van der Waals surface area contributed by atoms with Crippen LogP contribution >= 0.6 is 12.2 Å². The largest absolute Gasteiger partial charge is 0.368 e. The van der Waals surface area contributed by atoms with Gasteiger partial charge >= 0.3 is 0 Å². The van der Waals surface area contributed by atoms with Crippen LogP contribution in [0.3, 0.4) is 0 Å². The zero-order valence-corrected chi connectivity index (χ0v) is 13.1. The van der Waals surface area contributed by atoms with Crippen molar-refractivity contribution in [2.45, 2.75) is 6.92 Å². The molecule has 2 aromatic carbocycles. The van der Waals surface area contributed by atoms with Gasteiger partial charge in [-0.15, -0.1) is 0 Å². The minimum atomic E-state index is 0.971. The lowest BCUT2D eigenvalue weighted by atomic mass is 10.1. The minimum Gasteiger partial charge on any atom is -0.368 e. The second kappa shape index (κ2) is 6.27. The maximum atomic E-state index is 5.62. The molecule has 3 rings (SSSR count). The molecule has 0 spiro atoms. The van der Waals surface area contributed by atoms with Crippen LogP contribution in [0.15, 0.2) is 54.6 Å². The van der Waals surface area contributed by atoms with Gasteiger partial charge in [-0.2, -0.15) is 0 Å². The average molecular weight is 296 g/mol. The Morgan fingerprint density at radius 1 is 0.857 bits per heavy atom. The van der Waals surface area contributed by atoms with Gasteiger partial charge in [0.05, 0.1) is 0 Å². The van der Waals surface area contributed by atoms with E-state index in [1.807, 2.05) is 18.2 Å². The summed E-state index contributed by atoms with van der Waals surface area (Å²) in [5.74, 6) is 0. The summed E-state index contributed by atoms with van der Waals surface area (Å²) in [4.78, 5) is 5.72. The van der Waals surface area contributed by atoms with E-state index in [1.165, 1.54) is 11.3 Å². The van der Waals surface area contributed by atoms with Crippen LogP contribution < -0.4 is 4.90 Å². The summed E-state index contributed by atoms with van der Waals surface area (Å²) in [6.07, 6.45) is 0. The number of benzene rings is 2. The van der Waals surface area contributed by atoms with Gasteiger partial charge < -0.3 is 9.80 Å². The predicted molar refractivity (Wildman–Crippen MR) is 93.1 cm³/mol. The first-order valence-corrected chi connectivity index (χ1v) is 7.81. The Bertz CT molecular complexity index is 599. The van der Waals surface area contributed by atoms with Crippen molar-refractivity contribution in [1.29, 1.82) is 0 Å². The number of anilines is 1. The standard InChI is InChI=1S/C18H20N2S/c1-15-7-9-17(10-8-15)19-11-13-20(14-12-19)18(21)16-5-3-2-4-6-16/h2-10H,11-14H2,1H3. The molecule has 0 unspecified atom stereocenters. The fraction of sp³-hybridized carbons (Fsp3) is 0.278. The number of aryl methyl sites for hydroxylation is 1. The molecule has 0 amide bonds. The summed E-state index contributed by atoms with van der Waals surface area (Å²) in [5.41, 5.74) is 3.77. The second-order valence-corrected chi connectivity index (χ2v) is 5.87. The molecule has 1 aliphatic heterocycles. The number of rotatable bonds is 2. The average Bonchev–Trinajstić information content (AvgIpc) is 2.56. The predicted octanol–water partition coefficient (Wildman–Crippen LogP) is 3.49. The highest BCUT2D eigenvalue weighted by Crippen LogP contribution is 2.18. The first-order chi connectivity index (χ1) is 10.2. The van der Waals surface area contributed by atoms with Crippen LogP contribution in [0.2, 0.25) is 0 Å². The molecule has 2 nitrogen and oxygen atoms in total. The molecule has 1 saturated heterocycles. The quantitative estimate of drug-likeness (QED) is 0.783. The lowest BCUT2D eigenvalue weighted by Gasteiger charge is -2.37. The Kier molecular flexibility index (Phi) is 4.20. The van der Waals surface area contributed by atoms with Crippen molar-refractivity contribution in [3.05, 3.63) is 65.7 Å². The fourth-order valence-corrected chi connectivity index (χ4v) is 3.01. The number of hydrogen-bond acceptors (Lipinski definition) is 2. The van der Waals surface area contributed by atoms with E-state index in [1.54, 1.807) is 0 Å². The normalized spacial score (nSPS) is 15.1. The molecule has 0 aliphatic carbocycles. The number of piperazine rings is 1. The van der Waals surface area contributed by atoms with E-state index >= 15 is 0 Å². The van der Waals surface area contributed by atoms with Gasteiger partial charge in [0.1, 0.15) is 4.99 Å². The van der Waals surface area contributed by atoms with Crippen molar-refractivity contribution in [3.8, 4) is 0 Å². The van der Waals surface area contributed by atoms with Crippen molar-refractivity contribution in [2.24, 2.45) is 0 Å². The van der Waals surface area contributed by atoms with Crippen LogP contribution in [0.4, 0.5) is 5.69 Å². The Morgan fingerprint density at radius 2 is 1.48 bits per heavy atom. The summed E-state index contributed by atoms with van der Waals surface area (Å²) in [7, 11) is 0. The summed E-state index contributed by atoms with van der Waals surface area (Å²) in [6.45, 7) is 6.15. The molecule has 1 aliphatic rings. The maximum absolute atomic E-state index is 5.62. The topological polar surface area (TPSA) is 6.48 Å². The second-order valence-electron chi connectivity index (χ2n) is 5.48. The Morgan fingerprint density at radius 3 is 2.10 bits per heavy atom. The van der Waals surface area contributed by atoms with Gasteiger partial charge in [-0.1, -0.05) is 60.2 Å². The van der Waals surface area contributed by atoms with Crippen LogP contribution in [0.25, 0.3) is 0 Å². The zero-order chi connectivity index (χ0) is 14.7. The highest BCUT2D eigenvalue weighted by Gasteiger charge is 2.19. The smallest absolute Gasteiger partial charge is 0.109 e. The van der Waals surface area contributed by atoms with Crippen LogP contribution in [0.5, 0.6) is 0 Å². The van der Waals surface area contributed by atoms with E-state index in [-0.39, 0.29) is 0 Å². The SMILES string of the molecule is Cc1ccc(N2CCN(C(=S)c3ccccc3)CC2)cc1. The molecule has 2 aromatic rings. The molecule has 1 heterocycles. The molecular weight excluding hydrogens is 276 g/mol. The van der Waals surface area contributed by atoms with Gasteiger partial charge in [0.2, 0.25) is 0 Å². The molecule has 0 atom stereocenters. The first-order valence-electron chi connectivity index (χ1n) is 7.40. The third-order valence-corrected chi connectivity index (χ3v) is 4.48. The van der Waals surface area contributed by atoms with E-state index in [0.29, 0.717) is 0 Å². The summed E-state index contributed by atoms with van der Waals surface area (Å²) >= 11 is 5.62. The lowest BCUT2D eigenvalue weighted by molar-refractivity contribution is 0.392. The van der Waals surface area contributed by atoms with E-state index in [0.717, 1.165) is 36.7 Å². The molecule has 108 valence electrons. The summed E-state index contributed by atoms with van der Waals surface area (Å²) in [5, 5.41) is 0. The fourth-order valence-electron chi connectivity index (χ4n) is 2.69. The van der Waals surface area contributed by atoms with Crippen molar-refractivity contribution < 1.29 is 0 Å². The van der Waals surface area contributed by atoms with Gasteiger partial charge in [-0.3, -0.25) is 0 Å². The van der Waals surface area contributed by atoms with Crippen LogP contribution in [0, 0.1) is 6.92 Å². The maximum Gasteiger partial charge on any atom is 0.109 e. The molecule has 0 bridgehead atoms. The zero-order valence-electron chi connectivity index (χ0n) is 12.3. The molecule has 0 radical (unpaired) electrons. The summed E-state index contributed by atoms with van der Waals surface area (Å²) in [6, 6.07) is 19.1. The summed E-state index contributed by atoms with van der Waals surface area (Å²) < 4.78 is 0. The third kappa shape index (κ3) is 3.24. The third-order valence-electron chi connectivity index (χ3n) is 3.99. The molecule has 3 heteroatoms. The van der Waals surface area contributed by atoms with E-state index in [4.69, 9.17) is 12.2 Å².